The Labute approximate surface area is 249 Å². The van der Waals surface area contributed by atoms with Crippen molar-refractivity contribution in [3.05, 3.63) is 172 Å². The van der Waals surface area contributed by atoms with Gasteiger partial charge in [0.05, 0.1) is 6.04 Å². The molecular weight excluding hydrogens is 553 g/mol. The fourth-order valence-electron chi connectivity index (χ4n) is 4.74. The van der Waals surface area contributed by atoms with E-state index in [1.54, 1.807) is 42.6 Å². The Kier molecular flexibility index (Phi) is 9.09. The van der Waals surface area contributed by atoms with Crippen LogP contribution in [0.25, 0.3) is 0 Å². The lowest BCUT2D eigenvalue weighted by Gasteiger charge is -2.33. The minimum absolute atomic E-state index is 0.147. The molecule has 1 atom stereocenters. The summed E-state index contributed by atoms with van der Waals surface area (Å²) in [4.78, 5) is 34.4. The molecule has 5 rings (SSSR count). The molecule has 0 saturated heterocycles. The first-order valence-electron chi connectivity index (χ1n) is 13.1. The molecule has 5 nitrogen and oxygen atoms in total. The van der Waals surface area contributed by atoms with Gasteiger partial charge in [-0.05, 0) is 41.0 Å². The van der Waals surface area contributed by atoms with Gasteiger partial charge in [0.1, 0.15) is 11.7 Å². The summed E-state index contributed by atoms with van der Waals surface area (Å²) >= 11 is 13.0. The van der Waals surface area contributed by atoms with Gasteiger partial charge in [-0.15, -0.1) is 0 Å². The lowest BCUT2D eigenvalue weighted by molar-refractivity contribution is -0.126. The lowest BCUT2D eigenvalue weighted by Crippen LogP contribution is -2.45. The van der Waals surface area contributed by atoms with Crippen molar-refractivity contribution < 1.29 is 9.59 Å². The summed E-state index contributed by atoms with van der Waals surface area (Å²) in [6, 6.07) is 37.4. The summed E-state index contributed by atoms with van der Waals surface area (Å²) in [5, 5.41) is 3.92. The van der Waals surface area contributed by atoms with Crippen LogP contribution in [-0.2, 0) is 11.3 Å². The smallest absolute Gasteiger partial charge is 0.273 e. The van der Waals surface area contributed by atoms with Gasteiger partial charge in [-0.1, -0.05) is 126 Å². The van der Waals surface area contributed by atoms with Crippen LogP contribution in [0, 0.1) is 0 Å². The first-order valence-corrected chi connectivity index (χ1v) is 13.9. The SMILES string of the molecule is O=C(NC(c1ccccc1)c1ccccc1)[C@H](c1ccc(Cl)cc1Cl)N(Cc1ccccc1)C(=O)c1ccccn1. The van der Waals surface area contributed by atoms with E-state index in [2.05, 4.69) is 10.3 Å². The van der Waals surface area contributed by atoms with E-state index >= 15 is 0 Å². The Bertz CT molecular complexity index is 1560. The van der Waals surface area contributed by atoms with Gasteiger partial charge in [0, 0.05) is 28.4 Å². The number of carbonyl (C=O) groups is 2. The first-order chi connectivity index (χ1) is 20.0. The Hall–Kier alpha value is -4.45. The quantitative estimate of drug-likeness (QED) is 0.195. The van der Waals surface area contributed by atoms with Gasteiger partial charge in [0.2, 0.25) is 5.91 Å². The van der Waals surface area contributed by atoms with Crippen molar-refractivity contribution in [2.45, 2.75) is 18.6 Å². The number of hydrogen-bond donors (Lipinski definition) is 1. The summed E-state index contributed by atoms with van der Waals surface area (Å²) in [6.07, 6.45) is 1.55. The molecule has 1 N–H and O–H groups in total. The van der Waals surface area contributed by atoms with Gasteiger partial charge < -0.3 is 10.2 Å². The van der Waals surface area contributed by atoms with Gasteiger partial charge in [0.25, 0.3) is 5.91 Å². The molecule has 1 heterocycles. The van der Waals surface area contributed by atoms with Gasteiger partial charge in [-0.3, -0.25) is 14.6 Å². The van der Waals surface area contributed by atoms with Crippen LogP contribution in [0.15, 0.2) is 134 Å². The van der Waals surface area contributed by atoms with E-state index in [0.717, 1.165) is 16.7 Å². The average molecular weight is 581 g/mol. The van der Waals surface area contributed by atoms with Gasteiger partial charge in [0.15, 0.2) is 0 Å². The molecule has 0 fully saturated rings. The average Bonchev–Trinajstić information content (AvgIpc) is 3.02. The molecule has 0 radical (unpaired) electrons. The second-order valence-electron chi connectivity index (χ2n) is 9.46. The van der Waals surface area contributed by atoms with E-state index in [1.807, 2.05) is 91.0 Å². The Morgan fingerprint density at radius 3 is 1.88 bits per heavy atom. The molecule has 0 bridgehead atoms. The van der Waals surface area contributed by atoms with Crippen molar-refractivity contribution in [1.82, 2.24) is 15.2 Å². The van der Waals surface area contributed by atoms with Crippen LogP contribution in [0.1, 0.15) is 44.8 Å². The normalized spacial score (nSPS) is 11.6. The number of carbonyl (C=O) groups excluding carboxylic acids is 2. The number of nitrogens with zero attached hydrogens (tertiary/aromatic N) is 2. The predicted octanol–water partition coefficient (Wildman–Crippen LogP) is 7.68. The highest BCUT2D eigenvalue weighted by atomic mass is 35.5. The third-order valence-corrected chi connectivity index (χ3v) is 7.27. The highest BCUT2D eigenvalue weighted by Crippen LogP contribution is 2.34. The number of halogens is 2. The molecule has 4 aromatic carbocycles. The Morgan fingerprint density at radius 1 is 0.732 bits per heavy atom. The third kappa shape index (κ3) is 6.83. The maximum Gasteiger partial charge on any atom is 0.273 e. The first kappa shape index (κ1) is 28.1. The molecule has 5 aromatic rings. The standard InChI is InChI=1S/C34H27Cl2N3O2/c35-27-19-20-28(29(36)22-27)32(33(40)38-31(25-14-6-2-7-15-25)26-16-8-3-9-17-26)39(23-24-12-4-1-5-13-24)34(41)30-18-10-11-21-37-30/h1-22,31-32H,23H2,(H,38,40)/t32-/m0/s1. The fraction of sp³-hybridized carbons (Fsp3) is 0.0882. The molecule has 0 aliphatic rings. The number of rotatable bonds is 9. The summed E-state index contributed by atoms with van der Waals surface area (Å²) in [5.41, 5.74) is 3.32. The van der Waals surface area contributed by atoms with Crippen molar-refractivity contribution in [3.63, 3.8) is 0 Å². The molecule has 0 saturated carbocycles. The molecule has 7 heteroatoms. The Balaban J connectivity index is 1.62. The third-order valence-electron chi connectivity index (χ3n) is 6.71. The summed E-state index contributed by atoms with van der Waals surface area (Å²) in [5.74, 6) is -0.802. The number of benzene rings is 4. The molecule has 0 aliphatic carbocycles. The monoisotopic (exact) mass is 579 g/mol. The van der Waals surface area contributed by atoms with E-state index in [9.17, 15) is 9.59 Å². The molecular formula is C34H27Cl2N3O2. The highest BCUT2D eigenvalue weighted by Gasteiger charge is 2.35. The maximum absolute atomic E-state index is 14.5. The summed E-state index contributed by atoms with van der Waals surface area (Å²) in [6.45, 7) is 0.147. The van der Waals surface area contributed by atoms with Crippen molar-refractivity contribution >= 4 is 35.0 Å². The van der Waals surface area contributed by atoms with Crippen molar-refractivity contribution in [1.29, 1.82) is 0 Å². The zero-order valence-electron chi connectivity index (χ0n) is 22.0. The van der Waals surface area contributed by atoms with Crippen LogP contribution in [0.2, 0.25) is 10.0 Å². The van der Waals surface area contributed by atoms with Crippen LogP contribution >= 0.6 is 23.2 Å². The largest absolute Gasteiger partial charge is 0.343 e. The van der Waals surface area contributed by atoms with Crippen molar-refractivity contribution in [2.75, 3.05) is 0 Å². The molecule has 0 unspecified atom stereocenters. The molecule has 41 heavy (non-hydrogen) atoms. The fourth-order valence-corrected chi connectivity index (χ4v) is 5.25. The van der Waals surface area contributed by atoms with Gasteiger partial charge in [-0.2, -0.15) is 0 Å². The maximum atomic E-state index is 14.5. The minimum Gasteiger partial charge on any atom is -0.343 e. The number of aromatic nitrogens is 1. The zero-order chi connectivity index (χ0) is 28.6. The van der Waals surface area contributed by atoms with E-state index in [4.69, 9.17) is 23.2 Å². The van der Waals surface area contributed by atoms with E-state index < -0.39 is 23.9 Å². The number of amides is 2. The van der Waals surface area contributed by atoms with Gasteiger partial charge in [-0.25, -0.2) is 0 Å². The van der Waals surface area contributed by atoms with Crippen molar-refractivity contribution in [3.8, 4) is 0 Å². The van der Waals surface area contributed by atoms with Crippen LogP contribution in [0.3, 0.4) is 0 Å². The minimum atomic E-state index is -1.09. The topological polar surface area (TPSA) is 62.3 Å². The predicted molar refractivity (Wildman–Crippen MR) is 163 cm³/mol. The molecule has 2 amide bonds. The van der Waals surface area contributed by atoms with Crippen LogP contribution in [0.4, 0.5) is 0 Å². The van der Waals surface area contributed by atoms with Gasteiger partial charge >= 0.3 is 0 Å². The van der Waals surface area contributed by atoms with Crippen molar-refractivity contribution in [2.24, 2.45) is 0 Å². The zero-order valence-corrected chi connectivity index (χ0v) is 23.5. The Morgan fingerprint density at radius 2 is 1.32 bits per heavy atom. The van der Waals surface area contributed by atoms with Crippen LogP contribution in [-0.4, -0.2) is 21.7 Å². The lowest BCUT2D eigenvalue weighted by atomic mass is 9.96. The molecule has 1 aromatic heterocycles. The second kappa shape index (κ2) is 13.3. The van der Waals surface area contributed by atoms with Crippen LogP contribution < -0.4 is 5.32 Å². The molecule has 204 valence electrons. The number of hydrogen-bond acceptors (Lipinski definition) is 3. The van der Waals surface area contributed by atoms with E-state index in [1.165, 1.54) is 4.90 Å². The van der Waals surface area contributed by atoms with E-state index in [-0.39, 0.29) is 17.3 Å². The van der Waals surface area contributed by atoms with E-state index in [0.29, 0.717) is 10.6 Å². The van der Waals surface area contributed by atoms with Crippen LogP contribution in [0.5, 0.6) is 0 Å². The molecule has 0 spiro atoms. The number of nitrogens with one attached hydrogen (secondary N) is 1. The summed E-state index contributed by atoms with van der Waals surface area (Å²) < 4.78 is 0. The molecule has 0 aliphatic heterocycles. The number of pyridine rings is 1. The summed E-state index contributed by atoms with van der Waals surface area (Å²) in [7, 11) is 0. The highest BCUT2D eigenvalue weighted by molar-refractivity contribution is 6.35. The second-order valence-corrected chi connectivity index (χ2v) is 10.3.